The second-order valence-corrected chi connectivity index (χ2v) is 7.42. The molecule has 1 saturated heterocycles. The van der Waals surface area contributed by atoms with Crippen LogP contribution in [0.25, 0.3) is 0 Å². The van der Waals surface area contributed by atoms with Crippen LogP contribution in [0.2, 0.25) is 0 Å². The van der Waals surface area contributed by atoms with Crippen LogP contribution >= 0.6 is 0 Å². The van der Waals surface area contributed by atoms with Crippen LogP contribution in [-0.4, -0.2) is 53.9 Å². The highest BCUT2D eigenvalue weighted by atomic mass is 16.5. The smallest absolute Gasteiger partial charge is 0.244 e. The summed E-state index contributed by atoms with van der Waals surface area (Å²) in [7, 11) is 1.64. The molecule has 7 nitrogen and oxygen atoms in total. The van der Waals surface area contributed by atoms with E-state index in [1.54, 1.807) is 13.3 Å². The summed E-state index contributed by atoms with van der Waals surface area (Å²) in [6.07, 6.45) is 4.90. The molecule has 1 N–H and O–H groups in total. The standard InChI is InChI=1S/C21H28N4O3/c1-27-19-7-2-5-17-14-24(11-4-12-28-21(17)19)20(26)15-25-18(8-10-23-25)16-6-3-9-22-13-16/h2,5,7-8,10,16,22H,3-4,6,9,11-15H2,1H3/t16-/m1/s1. The van der Waals surface area contributed by atoms with E-state index in [1.807, 2.05) is 33.8 Å². The highest BCUT2D eigenvalue weighted by Gasteiger charge is 2.24. The summed E-state index contributed by atoms with van der Waals surface area (Å²) in [6.45, 7) is 4.07. The molecule has 1 fully saturated rings. The van der Waals surface area contributed by atoms with E-state index in [0.29, 0.717) is 31.4 Å². The van der Waals surface area contributed by atoms with Crippen molar-refractivity contribution in [3.63, 3.8) is 0 Å². The molecule has 28 heavy (non-hydrogen) atoms. The molecular weight excluding hydrogens is 356 g/mol. The summed E-state index contributed by atoms with van der Waals surface area (Å²) < 4.78 is 13.2. The second-order valence-electron chi connectivity index (χ2n) is 7.42. The molecule has 1 atom stereocenters. The van der Waals surface area contributed by atoms with Crippen LogP contribution in [0.5, 0.6) is 11.5 Å². The van der Waals surface area contributed by atoms with Crippen molar-refractivity contribution < 1.29 is 14.3 Å². The molecule has 1 amide bonds. The molecule has 7 heteroatoms. The molecule has 0 aliphatic carbocycles. The number of para-hydroxylation sites is 1. The predicted octanol–water partition coefficient (Wildman–Crippen LogP) is 2.17. The maximum atomic E-state index is 13.1. The number of methoxy groups -OCH3 is 1. The summed E-state index contributed by atoms with van der Waals surface area (Å²) >= 11 is 0. The number of aromatic nitrogens is 2. The number of amides is 1. The van der Waals surface area contributed by atoms with Crippen LogP contribution in [0.4, 0.5) is 0 Å². The first-order valence-electron chi connectivity index (χ1n) is 10.0. The first-order chi connectivity index (χ1) is 13.8. The zero-order valence-electron chi connectivity index (χ0n) is 16.4. The van der Waals surface area contributed by atoms with Gasteiger partial charge in [0.2, 0.25) is 5.91 Å². The van der Waals surface area contributed by atoms with Gasteiger partial charge >= 0.3 is 0 Å². The Hall–Kier alpha value is -2.54. The Morgan fingerprint density at radius 1 is 1.36 bits per heavy atom. The second kappa shape index (κ2) is 8.65. The van der Waals surface area contributed by atoms with E-state index in [2.05, 4.69) is 10.4 Å². The van der Waals surface area contributed by atoms with E-state index in [1.165, 1.54) is 0 Å². The topological polar surface area (TPSA) is 68.6 Å². The lowest BCUT2D eigenvalue weighted by atomic mass is 9.96. The van der Waals surface area contributed by atoms with Crippen molar-refractivity contribution in [1.29, 1.82) is 0 Å². The summed E-state index contributed by atoms with van der Waals surface area (Å²) in [6, 6.07) is 7.87. The van der Waals surface area contributed by atoms with E-state index in [-0.39, 0.29) is 12.5 Å². The monoisotopic (exact) mass is 384 g/mol. The lowest BCUT2D eigenvalue weighted by molar-refractivity contribution is -0.133. The quantitative estimate of drug-likeness (QED) is 0.875. The number of nitrogens with one attached hydrogen (secondary N) is 1. The van der Waals surface area contributed by atoms with E-state index >= 15 is 0 Å². The third kappa shape index (κ3) is 3.99. The number of benzene rings is 1. The van der Waals surface area contributed by atoms with Crippen molar-refractivity contribution in [2.24, 2.45) is 0 Å². The Morgan fingerprint density at radius 3 is 3.11 bits per heavy atom. The van der Waals surface area contributed by atoms with Crippen molar-refractivity contribution in [1.82, 2.24) is 20.0 Å². The Morgan fingerprint density at radius 2 is 2.29 bits per heavy atom. The van der Waals surface area contributed by atoms with E-state index < -0.39 is 0 Å². The molecule has 0 bridgehead atoms. The molecule has 1 aromatic heterocycles. The van der Waals surface area contributed by atoms with Crippen molar-refractivity contribution in [2.45, 2.75) is 38.3 Å². The highest BCUT2D eigenvalue weighted by Crippen LogP contribution is 2.33. The molecule has 0 radical (unpaired) electrons. The molecule has 4 rings (SSSR count). The van der Waals surface area contributed by atoms with Crippen LogP contribution in [0.15, 0.2) is 30.5 Å². The minimum absolute atomic E-state index is 0.0874. The number of carbonyl (C=O) groups excluding carboxylic acids is 1. The van der Waals surface area contributed by atoms with Gasteiger partial charge < -0.3 is 19.7 Å². The third-order valence-electron chi connectivity index (χ3n) is 5.56. The third-order valence-corrected chi connectivity index (χ3v) is 5.56. The molecule has 0 unspecified atom stereocenters. The van der Waals surface area contributed by atoms with Gasteiger partial charge in [-0.3, -0.25) is 9.48 Å². The van der Waals surface area contributed by atoms with Crippen LogP contribution in [0.1, 0.15) is 36.4 Å². The number of piperidine rings is 1. The predicted molar refractivity (Wildman–Crippen MR) is 106 cm³/mol. The maximum Gasteiger partial charge on any atom is 0.244 e. The molecule has 0 spiro atoms. The number of rotatable bonds is 4. The Labute approximate surface area is 165 Å². The number of ether oxygens (including phenoxy) is 2. The fourth-order valence-electron chi connectivity index (χ4n) is 4.09. The van der Waals surface area contributed by atoms with Gasteiger partial charge in [0.15, 0.2) is 11.5 Å². The number of hydrogen-bond donors (Lipinski definition) is 1. The molecule has 1 aromatic carbocycles. The lowest BCUT2D eigenvalue weighted by Gasteiger charge is -2.28. The highest BCUT2D eigenvalue weighted by molar-refractivity contribution is 5.76. The fourth-order valence-corrected chi connectivity index (χ4v) is 4.09. The van der Waals surface area contributed by atoms with Crippen molar-refractivity contribution in [3.8, 4) is 11.5 Å². The number of fused-ring (bicyclic) bond motifs is 1. The average molecular weight is 384 g/mol. The Bertz CT molecular complexity index is 814. The lowest BCUT2D eigenvalue weighted by Crippen LogP contribution is -2.37. The van der Waals surface area contributed by atoms with Crippen LogP contribution in [-0.2, 0) is 17.9 Å². The van der Waals surface area contributed by atoms with Crippen molar-refractivity contribution >= 4 is 5.91 Å². The first kappa shape index (κ1) is 18.8. The van der Waals surface area contributed by atoms with Gasteiger partial charge in [0.1, 0.15) is 6.54 Å². The zero-order chi connectivity index (χ0) is 19.3. The summed E-state index contributed by atoms with van der Waals surface area (Å²) in [4.78, 5) is 15.0. The fraction of sp³-hybridized carbons (Fsp3) is 0.524. The van der Waals surface area contributed by atoms with Gasteiger partial charge in [-0.25, -0.2) is 0 Å². The molecule has 0 saturated carbocycles. The van der Waals surface area contributed by atoms with Gasteiger partial charge in [-0.2, -0.15) is 5.10 Å². The van der Waals surface area contributed by atoms with Gasteiger partial charge in [0.05, 0.1) is 13.7 Å². The largest absolute Gasteiger partial charge is 0.493 e. The number of hydrogen-bond acceptors (Lipinski definition) is 5. The van der Waals surface area contributed by atoms with Gasteiger partial charge in [-0.1, -0.05) is 12.1 Å². The number of carbonyl (C=O) groups is 1. The van der Waals surface area contributed by atoms with Gasteiger partial charge in [-0.15, -0.1) is 0 Å². The molecule has 2 aromatic rings. The van der Waals surface area contributed by atoms with Crippen LogP contribution in [0.3, 0.4) is 0 Å². The summed E-state index contributed by atoms with van der Waals surface area (Å²) in [5.41, 5.74) is 2.13. The Balaban J connectivity index is 1.50. The SMILES string of the molecule is COc1cccc2c1OCCCN(C(=O)Cn1nccc1[C@@H]1CCCNC1)C2. The first-order valence-corrected chi connectivity index (χ1v) is 10.0. The molecule has 150 valence electrons. The van der Waals surface area contributed by atoms with Gasteiger partial charge in [0.25, 0.3) is 0 Å². The molecule has 2 aliphatic rings. The van der Waals surface area contributed by atoms with E-state index in [4.69, 9.17) is 9.47 Å². The minimum atomic E-state index is 0.0874. The van der Waals surface area contributed by atoms with Crippen molar-refractivity contribution in [3.05, 3.63) is 41.7 Å². The van der Waals surface area contributed by atoms with Crippen LogP contribution in [0, 0.1) is 0 Å². The molecule has 3 heterocycles. The minimum Gasteiger partial charge on any atom is -0.493 e. The zero-order valence-corrected chi connectivity index (χ0v) is 16.4. The van der Waals surface area contributed by atoms with E-state index in [9.17, 15) is 4.79 Å². The maximum absolute atomic E-state index is 13.1. The van der Waals surface area contributed by atoms with Crippen molar-refractivity contribution in [2.75, 3.05) is 33.4 Å². The molecule has 2 aliphatic heterocycles. The number of nitrogens with zero attached hydrogens (tertiary/aromatic N) is 3. The summed E-state index contributed by atoms with van der Waals surface area (Å²) in [5, 5.41) is 7.88. The summed E-state index contributed by atoms with van der Waals surface area (Å²) in [5.74, 6) is 1.97. The van der Waals surface area contributed by atoms with Gasteiger partial charge in [-0.05, 0) is 37.9 Å². The van der Waals surface area contributed by atoms with Crippen LogP contribution < -0.4 is 14.8 Å². The normalized spacial score (nSPS) is 19.9. The Kier molecular flexibility index (Phi) is 5.81. The van der Waals surface area contributed by atoms with Gasteiger partial charge in [0, 0.05) is 43.0 Å². The average Bonchev–Trinajstić information content (AvgIpc) is 3.16. The molecular formula is C21H28N4O3. The van der Waals surface area contributed by atoms with E-state index in [0.717, 1.165) is 49.4 Å².